The van der Waals surface area contributed by atoms with Crippen molar-refractivity contribution >= 4 is 46.1 Å². The number of amides is 4. The van der Waals surface area contributed by atoms with Gasteiger partial charge in [0.1, 0.15) is 29.2 Å². The number of carboxylic acid groups (broad SMARTS) is 1. The van der Waals surface area contributed by atoms with Gasteiger partial charge < -0.3 is 39.3 Å². The number of alkyl carbamates (subject to hydrolysis) is 1. The van der Waals surface area contributed by atoms with Crippen LogP contribution in [0.1, 0.15) is 72.6 Å². The third-order valence-corrected chi connectivity index (χ3v) is 11.6. The number of methoxy groups -OCH3 is 1. The molecule has 4 aromatic carbocycles. The van der Waals surface area contributed by atoms with Crippen LogP contribution in [0.3, 0.4) is 0 Å². The Bertz CT molecular complexity index is 2750. The number of aromatic nitrogens is 5. The largest absolute Gasteiger partial charge is 0.465 e. The van der Waals surface area contributed by atoms with Crippen LogP contribution in [-0.4, -0.2) is 96.0 Å². The summed E-state index contributed by atoms with van der Waals surface area (Å²) < 4.78 is 11.2. The molecular weight excluding hydrogens is 779 g/mol. The lowest BCUT2D eigenvalue weighted by molar-refractivity contribution is -0.137. The van der Waals surface area contributed by atoms with Crippen molar-refractivity contribution in [2.45, 2.75) is 49.9 Å². The maximum Gasteiger partial charge on any atom is 0.407 e. The van der Waals surface area contributed by atoms with Crippen LogP contribution in [0.2, 0.25) is 0 Å². The van der Waals surface area contributed by atoms with Gasteiger partial charge in [0.25, 0.3) is 11.8 Å². The average Bonchev–Trinajstić information content (AvgIpc) is 4.14. The molecule has 4 N–H and O–H groups in total. The van der Waals surface area contributed by atoms with Gasteiger partial charge in [-0.05, 0) is 67.1 Å². The minimum atomic E-state index is -1.19. The van der Waals surface area contributed by atoms with E-state index in [2.05, 4.69) is 20.3 Å². The quantitative estimate of drug-likeness (QED) is 0.107. The number of aromatic amines is 2. The molecule has 2 fully saturated rings. The fraction of sp³-hybridized carbons (Fsp3) is 0.267. The fourth-order valence-electron chi connectivity index (χ4n) is 8.59. The molecule has 16 heteroatoms. The third-order valence-electron chi connectivity index (χ3n) is 11.6. The van der Waals surface area contributed by atoms with Crippen molar-refractivity contribution in [2.24, 2.45) is 0 Å². The highest BCUT2D eigenvalue weighted by Crippen LogP contribution is 2.38. The topological polar surface area (TPSA) is 203 Å². The monoisotopic (exact) mass is 821 g/mol. The summed E-state index contributed by atoms with van der Waals surface area (Å²) in [7, 11) is 2.68. The van der Waals surface area contributed by atoms with Crippen molar-refractivity contribution in [2.75, 3.05) is 27.2 Å². The molecule has 2 aliphatic heterocycles. The van der Waals surface area contributed by atoms with E-state index in [0.29, 0.717) is 77.0 Å². The lowest BCUT2D eigenvalue weighted by Crippen LogP contribution is -2.43. The van der Waals surface area contributed by atoms with Gasteiger partial charge in [-0.15, -0.1) is 0 Å². The van der Waals surface area contributed by atoms with Crippen LogP contribution < -0.4 is 5.32 Å². The van der Waals surface area contributed by atoms with Crippen LogP contribution in [0.15, 0.2) is 108 Å². The number of H-pyrrole nitrogens is 2. The summed E-state index contributed by atoms with van der Waals surface area (Å²) >= 11 is 0. The maximum absolute atomic E-state index is 14.1. The molecule has 2 aliphatic rings. The summed E-state index contributed by atoms with van der Waals surface area (Å²) in [5.74, 6) is 1.58. The molecule has 7 aromatic rings. The second kappa shape index (κ2) is 16.3. The molecule has 310 valence electrons. The first-order valence-electron chi connectivity index (χ1n) is 20.1. The number of carbonyl (C=O) groups is 4. The van der Waals surface area contributed by atoms with E-state index in [1.807, 2.05) is 60.7 Å². The van der Waals surface area contributed by atoms with E-state index >= 15 is 0 Å². The summed E-state index contributed by atoms with van der Waals surface area (Å²) in [6, 6.07) is 26.8. The van der Waals surface area contributed by atoms with Gasteiger partial charge in [-0.2, -0.15) is 0 Å². The second-order valence-electron chi connectivity index (χ2n) is 15.3. The molecular formula is C45H43N9O7. The lowest BCUT2D eigenvalue weighted by atomic mass is 10.0. The van der Waals surface area contributed by atoms with E-state index < -0.39 is 24.3 Å². The fourth-order valence-corrected chi connectivity index (χ4v) is 8.59. The van der Waals surface area contributed by atoms with E-state index in [-0.39, 0.29) is 23.9 Å². The third kappa shape index (κ3) is 7.40. The molecule has 3 aromatic heterocycles. The molecule has 16 nitrogen and oxygen atoms in total. The number of fused-ring (bicyclic) bond motifs is 2. The maximum atomic E-state index is 14.1. The number of carbonyl (C=O) groups excluding carboxylic acids is 3. The molecule has 0 unspecified atom stereocenters. The molecule has 9 rings (SSSR count). The van der Waals surface area contributed by atoms with Crippen molar-refractivity contribution in [3.8, 4) is 22.8 Å². The number of nitrogens with zero attached hydrogens (tertiary/aromatic N) is 6. The Morgan fingerprint density at radius 3 is 2.16 bits per heavy atom. The Labute approximate surface area is 349 Å². The number of imidazole rings is 2. The Kier molecular flexibility index (Phi) is 10.4. The van der Waals surface area contributed by atoms with E-state index in [1.165, 1.54) is 14.2 Å². The molecule has 5 heterocycles. The predicted molar refractivity (Wildman–Crippen MR) is 224 cm³/mol. The zero-order valence-electron chi connectivity index (χ0n) is 33.4. The first-order valence-corrected chi connectivity index (χ1v) is 20.1. The molecule has 0 saturated carbocycles. The van der Waals surface area contributed by atoms with Crippen molar-refractivity contribution in [3.05, 3.63) is 126 Å². The Balaban J connectivity index is 0.958. The minimum Gasteiger partial charge on any atom is -0.465 e. The zero-order chi connectivity index (χ0) is 42.2. The number of likely N-dealkylation sites (N-methyl/N-ethyl adjacent to an activating group) is 1. The summed E-state index contributed by atoms with van der Waals surface area (Å²) in [6.45, 7) is 0.981. The van der Waals surface area contributed by atoms with Crippen molar-refractivity contribution in [1.29, 1.82) is 0 Å². The van der Waals surface area contributed by atoms with Gasteiger partial charge in [-0.1, -0.05) is 66.7 Å². The molecule has 0 aliphatic carbocycles. The van der Waals surface area contributed by atoms with Crippen LogP contribution >= 0.6 is 0 Å². The van der Waals surface area contributed by atoms with Crippen LogP contribution in [0.4, 0.5) is 9.59 Å². The molecule has 0 radical (unpaired) electrons. The number of nitrogens with one attached hydrogen (secondary N) is 3. The summed E-state index contributed by atoms with van der Waals surface area (Å²) in [5.41, 5.74) is 5.53. The SMILES string of the molecule is COC(=O)N[C@@H](C(=O)N1CCC[C@H]1c1nc2cc(-c3cnc(-c4cccc5[nH]c([C@@H]6CCCN6C(=O)[C@@H](c6ccccc6)N(C)C(=O)O)nc45)o3)ccc2[nH]1)c1ccccc1. The van der Waals surface area contributed by atoms with Gasteiger partial charge in [-0.3, -0.25) is 14.5 Å². The van der Waals surface area contributed by atoms with Gasteiger partial charge in [-0.25, -0.2) is 24.5 Å². The first-order chi connectivity index (χ1) is 29.7. The van der Waals surface area contributed by atoms with Gasteiger partial charge in [0.15, 0.2) is 5.76 Å². The van der Waals surface area contributed by atoms with Crippen LogP contribution in [0.25, 0.3) is 44.8 Å². The van der Waals surface area contributed by atoms with Crippen LogP contribution in [0.5, 0.6) is 0 Å². The highest BCUT2D eigenvalue weighted by molar-refractivity contribution is 5.91. The lowest BCUT2D eigenvalue weighted by Gasteiger charge is -2.32. The Morgan fingerprint density at radius 1 is 0.820 bits per heavy atom. The van der Waals surface area contributed by atoms with Crippen molar-refractivity contribution < 1.29 is 33.4 Å². The number of ether oxygens (including phenoxy) is 1. The van der Waals surface area contributed by atoms with E-state index in [4.69, 9.17) is 19.1 Å². The normalized spacial score (nSPS) is 17.4. The van der Waals surface area contributed by atoms with Crippen molar-refractivity contribution in [3.63, 3.8) is 0 Å². The van der Waals surface area contributed by atoms with Gasteiger partial charge in [0, 0.05) is 25.7 Å². The molecule has 0 spiro atoms. The number of rotatable bonds is 10. The number of likely N-dealkylation sites (tertiary alicyclic amines) is 2. The van der Waals surface area contributed by atoms with E-state index in [9.17, 15) is 24.3 Å². The Hall–Kier alpha value is -7.49. The summed E-state index contributed by atoms with van der Waals surface area (Å²) in [5, 5.41) is 12.6. The van der Waals surface area contributed by atoms with Crippen molar-refractivity contribution in [1.82, 2.24) is 44.9 Å². The van der Waals surface area contributed by atoms with Crippen LogP contribution in [0, 0.1) is 0 Å². The number of hydrogen-bond donors (Lipinski definition) is 4. The average molecular weight is 822 g/mol. The smallest absolute Gasteiger partial charge is 0.407 e. The van der Waals surface area contributed by atoms with Gasteiger partial charge in [0.2, 0.25) is 5.89 Å². The number of para-hydroxylation sites is 1. The summed E-state index contributed by atoms with van der Waals surface area (Å²) in [6.07, 6.45) is 2.65. The molecule has 4 amide bonds. The van der Waals surface area contributed by atoms with Crippen LogP contribution in [-0.2, 0) is 14.3 Å². The number of benzene rings is 4. The second-order valence-corrected chi connectivity index (χ2v) is 15.3. The highest BCUT2D eigenvalue weighted by Gasteiger charge is 2.40. The van der Waals surface area contributed by atoms with Gasteiger partial charge in [0.05, 0.1) is 47.5 Å². The molecule has 4 atom stereocenters. The molecule has 0 bridgehead atoms. The zero-order valence-corrected chi connectivity index (χ0v) is 33.4. The minimum absolute atomic E-state index is 0.247. The molecule has 2 saturated heterocycles. The first kappa shape index (κ1) is 39.0. The summed E-state index contributed by atoms with van der Waals surface area (Å²) in [4.78, 5) is 78.5. The van der Waals surface area contributed by atoms with E-state index in [0.717, 1.165) is 34.3 Å². The number of hydrogen-bond acceptors (Lipinski definition) is 9. The highest BCUT2D eigenvalue weighted by atomic mass is 16.5. The standard InChI is InChI=1S/C45H43N9O7/c1-52(45(58)59)38(27-14-7-4-8-15-27)43(56)54-23-11-19-34(54)40-48-31-17-9-16-29(37(31)50-40)41-46-25-35(61-41)28-20-21-30-32(24-28)49-39(47-30)33-18-10-22-53(33)42(55)36(51-44(57)60-2)26-12-5-3-6-13-26/h3-9,12-17,20-21,24-25,33-34,36,38H,10-11,18-19,22-23H2,1-2H3,(H,47,49)(H,48,50)(H,51,57)(H,58,59)/t33-,34-,36+,38+/m0/s1. The Morgan fingerprint density at radius 2 is 1.48 bits per heavy atom. The van der Waals surface area contributed by atoms with E-state index in [1.54, 1.807) is 52.4 Å². The predicted octanol–water partition coefficient (Wildman–Crippen LogP) is 7.54. The van der Waals surface area contributed by atoms with Gasteiger partial charge >= 0.3 is 12.2 Å². The number of oxazole rings is 1. The molecule has 61 heavy (non-hydrogen) atoms.